The SMILES string of the molecule is COc1cc(NC(=O)C=Cc2cc(Cl)cc(Cl)c2OC)ccc1NC(=O)c1cccs1. The summed E-state index contributed by atoms with van der Waals surface area (Å²) in [5, 5.41) is 8.13. The van der Waals surface area contributed by atoms with Crippen LogP contribution in [0.15, 0.2) is 53.9 Å². The zero-order chi connectivity index (χ0) is 22.4. The number of carbonyl (C=O) groups excluding carboxylic acids is 2. The van der Waals surface area contributed by atoms with E-state index in [-0.39, 0.29) is 11.8 Å². The number of amides is 2. The maximum atomic E-state index is 12.4. The molecule has 1 heterocycles. The normalized spacial score (nSPS) is 10.7. The number of nitrogens with one attached hydrogen (secondary N) is 2. The highest BCUT2D eigenvalue weighted by molar-refractivity contribution is 7.12. The molecule has 0 unspecified atom stereocenters. The average molecular weight is 477 g/mol. The molecule has 160 valence electrons. The number of hydrogen-bond acceptors (Lipinski definition) is 5. The van der Waals surface area contributed by atoms with E-state index in [4.69, 9.17) is 32.7 Å². The Morgan fingerprint density at radius 3 is 2.52 bits per heavy atom. The fourth-order valence-corrected chi connectivity index (χ4v) is 3.94. The van der Waals surface area contributed by atoms with Crippen LogP contribution >= 0.6 is 34.5 Å². The third-order valence-corrected chi connectivity index (χ3v) is 5.49. The van der Waals surface area contributed by atoms with Crippen molar-refractivity contribution in [3.63, 3.8) is 0 Å². The van der Waals surface area contributed by atoms with Gasteiger partial charge in [-0.05, 0) is 41.8 Å². The van der Waals surface area contributed by atoms with E-state index >= 15 is 0 Å². The molecule has 0 saturated heterocycles. The van der Waals surface area contributed by atoms with Crippen molar-refractivity contribution in [2.45, 2.75) is 0 Å². The Balaban J connectivity index is 1.72. The Hall–Kier alpha value is -3.00. The van der Waals surface area contributed by atoms with Crippen LogP contribution in [0.5, 0.6) is 11.5 Å². The Bertz CT molecular complexity index is 1130. The third kappa shape index (κ3) is 5.79. The van der Waals surface area contributed by atoms with Crippen LogP contribution in [0.25, 0.3) is 6.08 Å². The molecule has 0 atom stereocenters. The van der Waals surface area contributed by atoms with Gasteiger partial charge in [0, 0.05) is 28.4 Å². The van der Waals surface area contributed by atoms with E-state index in [0.717, 1.165) is 0 Å². The highest BCUT2D eigenvalue weighted by atomic mass is 35.5. The third-order valence-electron chi connectivity index (χ3n) is 4.12. The molecule has 9 heteroatoms. The number of benzene rings is 2. The lowest BCUT2D eigenvalue weighted by Gasteiger charge is -2.12. The van der Waals surface area contributed by atoms with Crippen molar-refractivity contribution in [3.8, 4) is 11.5 Å². The average Bonchev–Trinajstić information content (AvgIpc) is 3.28. The Morgan fingerprint density at radius 1 is 1.03 bits per heavy atom. The van der Waals surface area contributed by atoms with E-state index < -0.39 is 0 Å². The summed E-state index contributed by atoms with van der Waals surface area (Å²) < 4.78 is 10.6. The predicted octanol–water partition coefficient (Wildman–Crippen LogP) is 5.98. The minimum atomic E-state index is -0.379. The maximum absolute atomic E-state index is 12.4. The van der Waals surface area contributed by atoms with Crippen molar-refractivity contribution < 1.29 is 19.1 Å². The van der Waals surface area contributed by atoms with Gasteiger partial charge in [0.25, 0.3) is 5.91 Å². The van der Waals surface area contributed by atoms with E-state index in [2.05, 4.69) is 10.6 Å². The Morgan fingerprint density at radius 2 is 1.84 bits per heavy atom. The fourth-order valence-electron chi connectivity index (χ4n) is 2.73. The fraction of sp³-hybridized carbons (Fsp3) is 0.0909. The van der Waals surface area contributed by atoms with Gasteiger partial charge in [-0.25, -0.2) is 0 Å². The van der Waals surface area contributed by atoms with Gasteiger partial charge >= 0.3 is 0 Å². The molecule has 2 amide bonds. The summed E-state index contributed by atoms with van der Waals surface area (Å²) in [4.78, 5) is 25.2. The molecule has 1 aromatic heterocycles. The van der Waals surface area contributed by atoms with E-state index in [9.17, 15) is 9.59 Å². The van der Waals surface area contributed by atoms with E-state index in [1.807, 2.05) is 5.38 Å². The van der Waals surface area contributed by atoms with Crippen molar-refractivity contribution in [2.24, 2.45) is 0 Å². The number of anilines is 2. The van der Waals surface area contributed by atoms with Gasteiger partial charge in [-0.1, -0.05) is 29.3 Å². The van der Waals surface area contributed by atoms with Crippen LogP contribution < -0.4 is 20.1 Å². The lowest BCUT2D eigenvalue weighted by molar-refractivity contribution is -0.111. The van der Waals surface area contributed by atoms with Crippen LogP contribution in [0.1, 0.15) is 15.2 Å². The van der Waals surface area contributed by atoms with Gasteiger partial charge in [0.1, 0.15) is 11.5 Å². The van der Waals surface area contributed by atoms with Crippen molar-refractivity contribution in [2.75, 3.05) is 24.9 Å². The summed E-state index contributed by atoms with van der Waals surface area (Å²) in [6.07, 6.45) is 2.89. The molecule has 0 aliphatic rings. The predicted molar refractivity (Wildman–Crippen MR) is 126 cm³/mol. The number of thiophene rings is 1. The number of rotatable bonds is 7. The summed E-state index contributed by atoms with van der Waals surface area (Å²) in [7, 11) is 2.97. The van der Waals surface area contributed by atoms with Gasteiger partial charge < -0.3 is 20.1 Å². The van der Waals surface area contributed by atoms with Crippen LogP contribution in [0.2, 0.25) is 10.0 Å². The molecule has 3 rings (SSSR count). The van der Waals surface area contributed by atoms with Crippen molar-refractivity contribution in [1.29, 1.82) is 0 Å². The minimum Gasteiger partial charge on any atom is -0.495 e. The van der Waals surface area contributed by atoms with Gasteiger partial charge in [0.2, 0.25) is 5.91 Å². The number of hydrogen-bond donors (Lipinski definition) is 2. The summed E-state index contributed by atoms with van der Waals surface area (Å²) in [6.45, 7) is 0. The lowest BCUT2D eigenvalue weighted by Crippen LogP contribution is -2.12. The first-order valence-electron chi connectivity index (χ1n) is 8.96. The Labute approximate surface area is 193 Å². The first kappa shape index (κ1) is 22.7. The number of methoxy groups -OCH3 is 2. The van der Waals surface area contributed by atoms with Crippen LogP contribution in [0.3, 0.4) is 0 Å². The molecule has 31 heavy (non-hydrogen) atoms. The number of carbonyl (C=O) groups is 2. The van der Waals surface area contributed by atoms with Gasteiger partial charge in [-0.15, -0.1) is 11.3 Å². The Kier molecular flexibility index (Phi) is 7.57. The van der Waals surface area contributed by atoms with Gasteiger partial charge in [0.05, 0.1) is 29.8 Å². The molecule has 2 N–H and O–H groups in total. The zero-order valence-electron chi connectivity index (χ0n) is 16.6. The van der Waals surface area contributed by atoms with Crippen molar-refractivity contribution in [3.05, 3.63) is 74.4 Å². The summed E-state index contributed by atoms with van der Waals surface area (Å²) in [6, 6.07) is 11.7. The standard InChI is InChI=1S/C22H18Cl2N2O4S/c1-29-18-12-15(6-7-17(18)26-22(28)19-4-3-9-31-19)25-20(27)8-5-13-10-14(23)11-16(24)21(13)30-2/h3-12H,1-2H3,(H,25,27)(H,26,28). The molecule has 0 bridgehead atoms. The highest BCUT2D eigenvalue weighted by Crippen LogP contribution is 2.33. The molecule has 0 spiro atoms. The molecule has 0 saturated carbocycles. The van der Waals surface area contributed by atoms with Gasteiger partial charge in [-0.2, -0.15) is 0 Å². The topological polar surface area (TPSA) is 76.7 Å². The summed E-state index contributed by atoms with van der Waals surface area (Å²) >= 11 is 13.5. The first-order valence-corrected chi connectivity index (χ1v) is 10.6. The van der Waals surface area contributed by atoms with E-state index in [1.54, 1.807) is 48.5 Å². The zero-order valence-corrected chi connectivity index (χ0v) is 18.9. The second-order valence-electron chi connectivity index (χ2n) is 6.18. The molecule has 0 fully saturated rings. The molecule has 6 nitrogen and oxygen atoms in total. The maximum Gasteiger partial charge on any atom is 0.265 e. The van der Waals surface area contributed by atoms with Gasteiger partial charge in [0.15, 0.2) is 0 Å². The molecule has 3 aromatic rings. The second-order valence-corrected chi connectivity index (χ2v) is 7.97. The van der Waals surface area contributed by atoms with E-state index in [1.165, 1.54) is 31.6 Å². The quantitative estimate of drug-likeness (QED) is 0.411. The minimum absolute atomic E-state index is 0.234. The van der Waals surface area contributed by atoms with Crippen molar-refractivity contribution in [1.82, 2.24) is 0 Å². The second kappa shape index (κ2) is 10.3. The smallest absolute Gasteiger partial charge is 0.265 e. The van der Waals surface area contributed by atoms with Gasteiger partial charge in [-0.3, -0.25) is 9.59 Å². The monoisotopic (exact) mass is 476 g/mol. The molecule has 0 radical (unpaired) electrons. The van der Waals surface area contributed by atoms with Crippen molar-refractivity contribution >= 4 is 63.8 Å². The molecular weight excluding hydrogens is 459 g/mol. The van der Waals surface area contributed by atoms with Crippen LogP contribution in [0.4, 0.5) is 11.4 Å². The number of ether oxygens (including phenoxy) is 2. The molecular formula is C22H18Cl2N2O4S. The summed E-state index contributed by atoms with van der Waals surface area (Å²) in [5.41, 5.74) is 1.56. The van der Waals surface area contributed by atoms with Crippen LogP contribution in [0, 0.1) is 0 Å². The molecule has 2 aromatic carbocycles. The van der Waals surface area contributed by atoms with E-state index in [0.29, 0.717) is 43.4 Å². The molecule has 0 aliphatic carbocycles. The molecule has 0 aliphatic heterocycles. The highest BCUT2D eigenvalue weighted by Gasteiger charge is 2.12. The lowest BCUT2D eigenvalue weighted by atomic mass is 10.2. The summed E-state index contributed by atoms with van der Waals surface area (Å²) in [5.74, 6) is 0.218. The first-order chi connectivity index (χ1) is 14.9. The number of halogens is 2. The van der Waals surface area contributed by atoms with Crippen LogP contribution in [-0.2, 0) is 4.79 Å². The van der Waals surface area contributed by atoms with Crippen LogP contribution in [-0.4, -0.2) is 26.0 Å². The largest absolute Gasteiger partial charge is 0.495 e.